The maximum Gasteiger partial charge on any atom is 0.414 e. The first-order valence-corrected chi connectivity index (χ1v) is 8.23. The third kappa shape index (κ3) is 4.29. The molecule has 0 saturated carbocycles. The molecule has 0 aliphatic carbocycles. The van der Waals surface area contributed by atoms with Crippen LogP contribution in [0.5, 0.6) is 0 Å². The number of carbonyl (C=O) groups excluding carboxylic acids is 2. The topological polar surface area (TPSA) is 146 Å². The molecule has 0 aliphatic rings. The third-order valence-corrected chi connectivity index (χ3v) is 3.96. The number of nitrogens with two attached hydrogens (primary N) is 1. The van der Waals surface area contributed by atoms with Gasteiger partial charge < -0.3 is 10.5 Å². The average molecular weight is 355 g/mol. The van der Waals surface area contributed by atoms with Crippen molar-refractivity contribution < 1.29 is 14.3 Å². The number of imidazole rings is 1. The minimum Gasteiger partial charge on any atom is -0.449 e. The Morgan fingerprint density at radius 1 is 1.42 bits per heavy atom. The van der Waals surface area contributed by atoms with Gasteiger partial charge in [-0.15, -0.1) is 5.10 Å². The molecule has 2 aromatic heterocycles. The molecule has 12 heteroatoms. The average Bonchev–Trinajstić information content (AvgIpc) is 2.99. The summed E-state index contributed by atoms with van der Waals surface area (Å²) in [5.41, 5.74) is 4.62. The first-order valence-electron chi connectivity index (χ1n) is 7.07. The second kappa shape index (κ2) is 8.40. The summed E-state index contributed by atoms with van der Waals surface area (Å²) in [5, 5.41) is 9.32. The van der Waals surface area contributed by atoms with Crippen molar-refractivity contribution in [2.24, 2.45) is 12.8 Å². The number of alkyl carbamates (subject to hydrolysis) is 1. The molecule has 0 bridgehead atoms. The van der Waals surface area contributed by atoms with Crippen molar-refractivity contribution in [3.8, 4) is 0 Å². The highest BCUT2D eigenvalue weighted by atomic mass is 32.2. The number of amides is 2. The fourth-order valence-corrected chi connectivity index (χ4v) is 2.43. The molecule has 130 valence electrons. The van der Waals surface area contributed by atoms with Crippen LogP contribution in [0.3, 0.4) is 0 Å². The van der Waals surface area contributed by atoms with Gasteiger partial charge in [-0.3, -0.25) is 10.1 Å². The largest absolute Gasteiger partial charge is 0.449 e. The monoisotopic (exact) mass is 355 g/mol. The van der Waals surface area contributed by atoms with E-state index >= 15 is 0 Å². The summed E-state index contributed by atoms with van der Waals surface area (Å²) in [6, 6.07) is 0. The Bertz CT molecular complexity index is 787. The van der Waals surface area contributed by atoms with E-state index in [2.05, 4.69) is 15.3 Å². The maximum absolute atomic E-state index is 12.0. The lowest BCUT2D eigenvalue weighted by Crippen LogP contribution is -2.32. The van der Waals surface area contributed by atoms with Gasteiger partial charge in [0, 0.05) is 19.3 Å². The molecule has 0 fully saturated rings. The minimum absolute atomic E-state index is 0.0402. The van der Waals surface area contributed by atoms with Gasteiger partial charge in [0.05, 0.1) is 6.61 Å². The zero-order chi connectivity index (χ0) is 17.5. The first kappa shape index (κ1) is 17.9. The molecule has 3 N–H and O–H groups in total. The summed E-state index contributed by atoms with van der Waals surface area (Å²) in [7, 11) is 1.41. The van der Waals surface area contributed by atoms with Gasteiger partial charge in [0.15, 0.2) is 11.3 Å². The van der Waals surface area contributed by atoms with Crippen molar-refractivity contribution in [3.05, 3.63) is 22.5 Å². The van der Waals surface area contributed by atoms with Crippen LogP contribution in [0.4, 0.5) is 4.79 Å². The Hall–Kier alpha value is -2.47. The molecule has 2 aromatic rings. The highest BCUT2D eigenvalue weighted by molar-refractivity contribution is 7.99. The first-order chi connectivity index (χ1) is 11.5. The molecule has 0 spiro atoms. The Morgan fingerprint density at radius 2 is 2.21 bits per heavy atom. The number of aryl methyl sites for hydroxylation is 1. The van der Waals surface area contributed by atoms with E-state index in [1.165, 1.54) is 7.05 Å². The Labute approximate surface area is 140 Å². The lowest BCUT2D eigenvalue weighted by molar-refractivity contribution is 0.0917. The molecule has 24 heavy (non-hydrogen) atoms. The number of carbonyl (C=O) groups is 2. The molecule has 2 rings (SSSR count). The summed E-state index contributed by atoms with van der Waals surface area (Å²) >= 11 is 1.66. The maximum atomic E-state index is 12.0. The van der Waals surface area contributed by atoms with E-state index in [-0.39, 0.29) is 17.9 Å². The van der Waals surface area contributed by atoms with E-state index in [0.29, 0.717) is 13.0 Å². The molecule has 0 aliphatic heterocycles. The van der Waals surface area contributed by atoms with E-state index < -0.39 is 17.7 Å². The zero-order valence-corrected chi connectivity index (χ0v) is 13.8. The van der Waals surface area contributed by atoms with Crippen molar-refractivity contribution in [2.75, 3.05) is 24.7 Å². The minimum atomic E-state index is -0.887. The molecule has 0 aromatic carbocycles. The van der Waals surface area contributed by atoms with Crippen LogP contribution >= 0.6 is 11.8 Å². The number of nitrogens with one attached hydrogen (secondary N) is 1. The van der Waals surface area contributed by atoms with Crippen LogP contribution in [0.2, 0.25) is 0 Å². The van der Waals surface area contributed by atoms with Gasteiger partial charge >= 0.3 is 11.8 Å². The number of fused-ring (bicyclic) bond motifs is 1. The summed E-state index contributed by atoms with van der Waals surface area (Å²) in [4.78, 5) is 39.2. The zero-order valence-electron chi connectivity index (χ0n) is 13.0. The van der Waals surface area contributed by atoms with Crippen LogP contribution in [0.15, 0.2) is 11.1 Å². The second-order valence-electron chi connectivity index (χ2n) is 4.63. The van der Waals surface area contributed by atoms with Gasteiger partial charge in [-0.05, 0) is 12.2 Å². The van der Waals surface area contributed by atoms with Crippen molar-refractivity contribution in [1.82, 2.24) is 29.7 Å². The van der Waals surface area contributed by atoms with Crippen LogP contribution in [0, 0.1) is 0 Å². The normalized spacial score (nSPS) is 10.8. The standard InChI is InChI=1S/C12H17N7O4S/c1-18-12(22)19-7-14-8(9(19)16-17-18)10(20)15-11(21)23-4-2-5-24-6-3-13/h7H,2-6,13H2,1H3,(H,15,20,21). The molecule has 2 heterocycles. The van der Waals surface area contributed by atoms with Crippen LogP contribution < -0.4 is 16.7 Å². The number of imide groups is 1. The molecule has 0 unspecified atom stereocenters. The van der Waals surface area contributed by atoms with Crippen LogP contribution in [-0.2, 0) is 11.8 Å². The smallest absolute Gasteiger partial charge is 0.414 e. The number of hydrogen-bond acceptors (Lipinski definition) is 9. The SMILES string of the molecule is Cn1nnc2c(C(=O)NC(=O)OCCCSCCN)ncn2c1=O. The van der Waals surface area contributed by atoms with Crippen LogP contribution in [0.25, 0.3) is 5.65 Å². The number of rotatable bonds is 7. The van der Waals surface area contributed by atoms with Gasteiger partial charge in [0.1, 0.15) is 6.33 Å². The van der Waals surface area contributed by atoms with Crippen molar-refractivity contribution in [3.63, 3.8) is 0 Å². The van der Waals surface area contributed by atoms with Gasteiger partial charge in [0.25, 0.3) is 5.91 Å². The van der Waals surface area contributed by atoms with Crippen molar-refractivity contribution in [1.29, 1.82) is 0 Å². The molecular formula is C12H17N7O4S. The predicted molar refractivity (Wildman–Crippen MR) is 85.8 cm³/mol. The fraction of sp³-hybridized carbons (Fsp3) is 0.500. The fourth-order valence-electron chi connectivity index (χ4n) is 1.74. The summed E-state index contributed by atoms with van der Waals surface area (Å²) in [5.74, 6) is 0.837. The Kier molecular flexibility index (Phi) is 6.26. The van der Waals surface area contributed by atoms with E-state index in [9.17, 15) is 14.4 Å². The molecule has 0 saturated heterocycles. The van der Waals surface area contributed by atoms with Gasteiger partial charge in [0.2, 0.25) is 0 Å². The summed E-state index contributed by atoms with van der Waals surface area (Å²) in [6.45, 7) is 0.784. The number of nitrogens with zero attached hydrogens (tertiary/aromatic N) is 5. The Morgan fingerprint density at radius 3 is 2.96 bits per heavy atom. The molecule has 2 amide bonds. The number of aromatic nitrogens is 5. The number of thioether (sulfide) groups is 1. The number of ether oxygens (including phenoxy) is 1. The number of hydrogen-bond donors (Lipinski definition) is 2. The van der Waals surface area contributed by atoms with Gasteiger partial charge in [-0.1, -0.05) is 5.21 Å². The highest BCUT2D eigenvalue weighted by Gasteiger charge is 2.19. The van der Waals surface area contributed by atoms with Crippen molar-refractivity contribution >= 4 is 29.4 Å². The van der Waals surface area contributed by atoms with E-state index in [1.54, 1.807) is 11.8 Å². The third-order valence-electron chi connectivity index (χ3n) is 2.86. The van der Waals surface area contributed by atoms with Crippen LogP contribution in [0.1, 0.15) is 16.9 Å². The second-order valence-corrected chi connectivity index (χ2v) is 5.85. The highest BCUT2D eigenvalue weighted by Crippen LogP contribution is 2.03. The summed E-state index contributed by atoms with van der Waals surface area (Å²) in [6.07, 6.45) is 0.907. The lowest BCUT2D eigenvalue weighted by atomic mass is 10.4. The molecular weight excluding hydrogens is 338 g/mol. The van der Waals surface area contributed by atoms with Crippen LogP contribution in [-0.4, -0.2) is 61.0 Å². The molecule has 0 atom stereocenters. The summed E-state index contributed by atoms with van der Waals surface area (Å²) < 4.78 is 6.94. The molecule has 11 nitrogen and oxygen atoms in total. The van der Waals surface area contributed by atoms with Crippen molar-refractivity contribution in [2.45, 2.75) is 6.42 Å². The Balaban J connectivity index is 1.90. The van der Waals surface area contributed by atoms with E-state index in [4.69, 9.17) is 10.5 Å². The van der Waals surface area contributed by atoms with E-state index in [0.717, 1.165) is 26.9 Å². The lowest BCUT2D eigenvalue weighted by Gasteiger charge is -2.05. The van der Waals surface area contributed by atoms with Gasteiger partial charge in [-0.25, -0.2) is 19.0 Å². The van der Waals surface area contributed by atoms with E-state index in [1.807, 2.05) is 5.32 Å². The predicted octanol–water partition coefficient (Wildman–Crippen LogP) is -1.23. The quantitative estimate of drug-likeness (QED) is 0.583. The van der Waals surface area contributed by atoms with Gasteiger partial charge in [-0.2, -0.15) is 16.4 Å². The molecule has 0 radical (unpaired) electrons.